The van der Waals surface area contributed by atoms with E-state index in [2.05, 4.69) is 36.2 Å². The molecule has 21 heavy (non-hydrogen) atoms. The number of aryl methyl sites for hydroxylation is 1. The van der Waals surface area contributed by atoms with Crippen LogP contribution in [0.15, 0.2) is 6.33 Å². The fourth-order valence-corrected chi connectivity index (χ4v) is 3.64. The monoisotopic (exact) mass is 292 g/mol. The van der Waals surface area contributed by atoms with Crippen molar-refractivity contribution < 1.29 is 0 Å². The van der Waals surface area contributed by atoms with Gasteiger partial charge in [-0.1, -0.05) is 33.1 Å². The van der Waals surface area contributed by atoms with Gasteiger partial charge in [-0.2, -0.15) is 5.10 Å². The van der Waals surface area contributed by atoms with Gasteiger partial charge in [-0.15, -0.1) is 0 Å². The summed E-state index contributed by atoms with van der Waals surface area (Å²) in [6.45, 7) is 8.74. The van der Waals surface area contributed by atoms with Crippen molar-refractivity contribution in [1.29, 1.82) is 0 Å². The molecule has 2 rings (SSSR count). The summed E-state index contributed by atoms with van der Waals surface area (Å²) in [5.74, 6) is 2.91. The molecule has 0 amide bonds. The lowest BCUT2D eigenvalue weighted by Gasteiger charge is -2.34. The highest BCUT2D eigenvalue weighted by Crippen LogP contribution is 2.33. The molecule has 4 heteroatoms. The Labute approximate surface area is 129 Å². The van der Waals surface area contributed by atoms with Gasteiger partial charge >= 0.3 is 0 Å². The molecule has 1 saturated carbocycles. The third kappa shape index (κ3) is 4.53. The number of hydrogen-bond donors (Lipinski definition) is 1. The minimum atomic E-state index is 0.567. The van der Waals surface area contributed by atoms with E-state index in [9.17, 15) is 0 Å². The van der Waals surface area contributed by atoms with Gasteiger partial charge in [-0.3, -0.25) is 4.68 Å². The highest BCUT2D eigenvalue weighted by atomic mass is 15.3. The highest BCUT2D eigenvalue weighted by Gasteiger charge is 2.27. The average Bonchev–Trinajstić information content (AvgIpc) is 2.98. The van der Waals surface area contributed by atoms with Crippen LogP contribution in [0, 0.1) is 11.8 Å². The van der Waals surface area contributed by atoms with E-state index in [4.69, 9.17) is 0 Å². The smallest absolute Gasteiger partial charge is 0.138 e. The molecular weight excluding hydrogens is 260 g/mol. The van der Waals surface area contributed by atoms with Crippen LogP contribution in [0.5, 0.6) is 0 Å². The van der Waals surface area contributed by atoms with Crippen LogP contribution in [0.3, 0.4) is 0 Å². The first-order chi connectivity index (χ1) is 10.3. The third-order valence-electron chi connectivity index (χ3n) is 5.09. The molecule has 0 saturated heterocycles. The third-order valence-corrected chi connectivity index (χ3v) is 5.09. The number of hydrogen-bond acceptors (Lipinski definition) is 3. The predicted octanol–water partition coefficient (Wildman–Crippen LogP) is 3.43. The summed E-state index contributed by atoms with van der Waals surface area (Å²) < 4.78 is 2.04. The zero-order chi connectivity index (χ0) is 15.1. The van der Waals surface area contributed by atoms with E-state index in [0.717, 1.165) is 37.2 Å². The van der Waals surface area contributed by atoms with Crippen molar-refractivity contribution in [2.75, 3.05) is 6.54 Å². The van der Waals surface area contributed by atoms with Crippen molar-refractivity contribution in [2.24, 2.45) is 11.8 Å². The second kappa shape index (κ2) is 8.52. The van der Waals surface area contributed by atoms with Gasteiger partial charge in [-0.05, 0) is 44.6 Å². The van der Waals surface area contributed by atoms with Crippen LogP contribution in [-0.4, -0.2) is 27.4 Å². The van der Waals surface area contributed by atoms with Gasteiger partial charge in [0.05, 0.1) is 0 Å². The zero-order valence-electron chi connectivity index (χ0n) is 14.0. The van der Waals surface area contributed by atoms with Crippen molar-refractivity contribution in [3.63, 3.8) is 0 Å². The minimum Gasteiger partial charge on any atom is -0.313 e. The lowest BCUT2D eigenvalue weighted by molar-refractivity contribution is 0.214. The van der Waals surface area contributed by atoms with Crippen LogP contribution < -0.4 is 5.32 Å². The Kier molecular flexibility index (Phi) is 6.68. The van der Waals surface area contributed by atoms with E-state index >= 15 is 0 Å². The molecule has 0 aromatic carbocycles. The Morgan fingerprint density at radius 3 is 2.62 bits per heavy atom. The molecule has 1 aromatic rings. The van der Waals surface area contributed by atoms with Gasteiger partial charge in [-0.25, -0.2) is 4.98 Å². The van der Waals surface area contributed by atoms with E-state index in [-0.39, 0.29) is 0 Å². The highest BCUT2D eigenvalue weighted by molar-refractivity contribution is 4.93. The average molecular weight is 292 g/mol. The number of nitrogens with zero attached hydrogens (tertiary/aromatic N) is 3. The van der Waals surface area contributed by atoms with Crippen molar-refractivity contribution in [1.82, 2.24) is 20.1 Å². The first-order valence-electron chi connectivity index (χ1n) is 8.88. The molecule has 0 spiro atoms. The van der Waals surface area contributed by atoms with Crippen LogP contribution in [0.4, 0.5) is 0 Å². The van der Waals surface area contributed by atoms with E-state index in [1.807, 2.05) is 4.68 Å². The molecule has 4 nitrogen and oxygen atoms in total. The summed E-state index contributed by atoms with van der Waals surface area (Å²) in [6, 6.07) is 0.567. The quantitative estimate of drug-likeness (QED) is 0.798. The van der Waals surface area contributed by atoms with Crippen LogP contribution in [0.1, 0.15) is 65.1 Å². The largest absolute Gasteiger partial charge is 0.313 e. The predicted molar refractivity (Wildman–Crippen MR) is 87.2 cm³/mol. The van der Waals surface area contributed by atoms with E-state index < -0.39 is 0 Å². The van der Waals surface area contributed by atoms with Crippen LogP contribution in [0.25, 0.3) is 0 Å². The molecule has 1 N–H and O–H groups in total. The molecule has 1 unspecified atom stereocenters. The maximum atomic E-state index is 4.47. The Balaban J connectivity index is 1.97. The van der Waals surface area contributed by atoms with Gasteiger partial charge in [0.25, 0.3) is 0 Å². The molecule has 1 aromatic heterocycles. The first-order valence-corrected chi connectivity index (χ1v) is 8.88. The van der Waals surface area contributed by atoms with Gasteiger partial charge in [0.2, 0.25) is 0 Å². The van der Waals surface area contributed by atoms with Gasteiger partial charge < -0.3 is 5.32 Å². The Morgan fingerprint density at radius 1 is 1.24 bits per heavy atom. The van der Waals surface area contributed by atoms with Crippen LogP contribution in [0.2, 0.25) is 0 Å². The van der Waals surface area contributed by atoms with Crippen molar-refractivity contribution in [3.8, 4) is 0 Å². The maximum Gasteiger partial charge on any atom is 0.138 e. The zero-order valence-corrected chi connectivity index (χ0v) is 14.0. The van der Waals surface area contributed by atoms with Gasteiger partial charge in [0.1, 0.15) is 12.2 Å². The Bertz CT molecular complexity index is 393. The summed E-state index contributed by atoms with van der Waals surface area (Å²) in [6.07, 6.45) is 10.8. The normalized spacial score (nSPS) is 24.1. The van der Waals surface area contributed by atoms with Gasteiger partial charge in [0.15, 0.2) is 0 Å². The summed E-state index contributed by atoms with van der Waals surface area (Å²) in [4.78, 5) is 4.47. The molecule has 1 aliphatic rings. The second-order valence-electron chi connectivity index (χ2n) is 6.45. The summed E-state index contributed by atoms with van der Waals surface area (Å²) >= 11 is 0. The van der Waals surface area contributed by atoms with E-state index in [1.165, 1.54) is 38.5 Å². The topological polar surface area (TPSA) is 42.7 Å². The minimum absolute atomic E-state index is 0.567. The standard InChI is InChI=1S/C17H32N4/c1-4-11-18-16(12-17-19-13-20-21(17)6-3)15-9-7-14(5-2)8-10-15/h13-16,18H,4-12H2,1-3H3. The lowest BCUT2D eigenvalue weighted by Crippen LogP contribution is -2.40. The Hall–Kier alpha value is -0.900. The number of nitrogens with one attached hydrogen (secondary N) is 1. The lowest BCUT2D eigenvalue weighted by atomic mass is 9.77. The molecule has 1 atom stereocenters. The summed E-state index contributed by atoms with van der Waals surface area (Å²) in [7, 11) is 0. The van der Waals surface area contributed by atoms with E-state index in [1.54, 1.807) is 6.33 Å². The summed E-state index contributed by atoms with van der Waals surface area (Å²) in [5, 5.41) is 8.10. The molecule has 1 fully saturated rings. The maximum absolute atomic E-state index is 4.47. The van der Waals surface area contributed by atoms with Crippen LogP contribution in [-0.2, 0) is 13.0 Å². The van der Waals surface area contributed by atoms with Crippen molar-refractivity contribution in [2.45, 2.75) is 78.3 Å². The summed E-state index contributed by atoms with van der Waals surface area (Å²) in [5.41, 5.74) is 0. The molecule has 0 bridgehead atoms. The molecular formula is C17H32N4. The number of rotatable bonds is 8. The van der Waals surface area contributed by atoms with Crippen molar-refractivity contribution in [3.05, 3.63) is 12.2 Å². The fourth-order valence-electron chi connectivity index (χ4n) is 3.64. The molecule has 0 radical (unpaired) electrons. The van der Waals surface area contributed by atoms with E-state index in [0.29, 0.717) is 6.04 Å². The molecule has 120 valence electrons. The second-order valence-corrected chi connectivity index (χ2v) is 6.45. The first kappa shape index (κ1) is 16.5. The molecule has 1 aliphatic carbocycles. The van der Waals surface area contributed by atoms with Crippen molar-refractivity contribution >= 4 is 0 Å². The van der Waals surface area contributed by atoms with Gasteiger partial charge in [0, 0.05) is 19.0 Å². The molecule has 1 heterocycles. The van der Waals surface area contributed by atoms with Crippen LogP contribution >= 0.6 is 0 Å². The Morgan fingerprint density at radius 2 is 2.00 bits per heavy atom. The SMILES string of the molecule is CCCNC(Cc1ncnn1CC)C1CCC(CC)CC1. The fraction of sp³-hybridized carbons (Fsp3) is 0.882. The number of aromatic nitrogens is 3. The molecule has 0 aliphatic heterocycles.